The van der Waals surface area contributed by atoms with Gasteiger partial charge >= 0.3 is 0 Å². The second-order valence-electron chi connectivity index (χ2n) is 6.31. The van der Waals surface area contributed by atoms with Crippen molar-refractivity contribution >= 4 is 17.3 Å². The SMILES string of the molecule is O=C1CCc2cc(NC3CCN4CCC3C4)ccc2N1. The predicted molar refractivity (Wildman–Crippen MR) is 80.0 cm³/mol. The summed E-state index contributed by atoms with van der Waals surface area (Å²) in [5.41, 5.74) is 3.46. The number of carbonyl (C=O) groups excluding carboxylic acids is 1. The molecule has 4 rings (SSSR count). The fourth-order valence-electron chi connectivity index (χ4n) is 3.83. The Hall–Kier alpha value is -1.55. The first-order valence-corrected chi connectivity index (χ1v) is 7.69. The van der Waals surface area contributed by atoms with Crippen LogP contribution in [0.5, 0.6) is 0 Å². The van der Waals surface area contributed by atoms with E-state index in [2.05, 4.69) is 27.7 Å². The molecule has 0 aromatic heterocycles. The molecule has 3 unspecified atom stereocenters. The van der Waals surface area contributed by atoms with E-state index in [4.69, 9.17) is 0 Å². The number of anilines is 2. The summed E-state index contributed by atoms with van der Waals surface area (Å²) in [6.07, 6.45) is 4.05. The number of amides is 1. The van der Waals surface area contributed by atoms with Crippen LogP contribution in [0, 0.1) is 5.92 Å². The number of fused-ring (bicyclic) bond motifs is 3. The third-order valence-corrected chi connectivity index (χ3v) is 4.99. The van der Waals surface area contributed by atoms with E-state index in [1.807, 2.05) is 6.07 Å². The van der Waals surface area contributed by atoms with Gasteiger partial charge in [-0.15, -0.1) is 0 Å². The second kappa shape index (κ2) is 4.77. The first-order valence-electron chi connectivity index (χ1n) is 7.69. The van der Waals surface area contributed by atoms with Crippen molar-refractivity contribution < 1.29 is 4.79 Å². The average molecular weight is 271 g/mol. The lowest BCUT2D eigenvalue weighted by Crippen LogP contribution is -2.39. The molecule has 0 aliphatic carbocycles. The molecule has 2 N–H and O–H groups in total. The van der Waals surface area contributed by atoms with Gasteiger partial charge < -0.3 is 15.5 Å². The number of hydrogen-bond acceptors (Lipinski definition) is 3. The monoisotopic (exact) mass is 271 g/mol. The molecule has 0 radical (unpaired) electrons. The molecule has 0 spiro atoms. The second-order valence-corrected chi connectivity index (χ2v) is 6.31. The van der Waals surface area contributed by atoms with Gasteiger partial charge in [0.05, 0.1) is 0 Å². The van der Waals surface area contributed by atoms with Crippen LogP contribution in [0.3, 0.4) is 0 Å². The third-order valence-electron chi connectivity index (χ3n) is 4.99. The van der Waals surface area contributed by atoms with Crippen LogP contribution in [0.4, 0.5) is 11.4 Å². The minimum absolute atomic E-state index is 0.136. The first-order chi connectivity index (χ1) is 9.78. The fraction of sp³-hybridized carbons (Fsp3) is 0.562. The Morgan fingerprint density at radius 1 is 1.20 bits per heavy atom. The Balaban J connectivity index is 1.50. The van der Waals surface area contributed by atoms with Gasteiger partial charge in [-0.1, -0.05) is 0 Å². The molecule has 2 saturated heterocycles. The topological polar surface area (TPSA) is 44.4 Å². The number of nitrogens with zero attached hydrogens (tertiary/aromatic N) is 1. The van der Waals surface area contributed by atoms with Gasteiger partial charge in [-0.2, -0.15) is 0 Å². The van der Waals surface area contributed by atoms with E-state index >= 15 is 0 Å². The van der Waals surface area contributed by atoms with Gasteiger partial charge in [0.2, 0.25) is 5.91 Å². The molecule has 106 valence electrons. The van der Waals surface area contributed by atoms with Gasteiger partial charge in [-0.25, -0.2) is 0 Å². The van der Waals surface area contributed by atoms with Crippen LogP contribution < -0.4 is 10.6 Å². The maximum absolute atomic E-state index is 11.4. The van der Waals surface area contributed by atoms with Crippen molar-refractivity contribution in [3.05, 3.63) is 23.8 Å². The van der Waals surface area contributed by atoms with E-state index in [1.54, 1.807) is 0 Å². The van der Waals surface area contributed by atoms with Gasteiger partial charge in [0.1, 0.15) is 0 Å². The Labute approximate surface area is 119 Å². The minimum atomic E-state index is 0.136. The number of carbonyl (C=O) groups is 1. The summed E-state index contributed by atoms with van der Waals surface area (Å²) in [4.78, 5) is 14.0. The lowest BCUT2D eigenvalue weighted by atomic mass is 9.93. The molecule has 1 aromatic rings. The molecule has 3 aliphatic rings. The Morgan fingerprint density at radius 3 is 3.05 bits per heavy atom. The lowest BCUT2D eigenvalue weighted by molar-refractivity contribution is -0.116. The summed E-state index contributed by atoms with van der Waals surface area (Å²) >= 11 is 0. The van der Waals surface area contributed by atoms with Gasteiger partial charge in [0, 0.05) is 36.9 Å². The zero-order valence-corrected chi connectivity index (χ0v) is 11.7. The van der Waals surface area contributed by atoms with Crippen LogP contribution in [-0.4, -0.2) is 36.5 Å². The summed E-state index contributed by atoms with van der Waals surface area (Å²) in [5.74, 6) is 0.941. The van der Waals surface area contributed by atoms with Crippen molar-refractivity contribution in [2.75, 3.05) is 30.3 Å². The molecule has 3 atom stereocenters. The highest BCUT2D eigenvalue weighted by Crippen LogP contribution is 2.31. The van der Waals surface area contributed by atoms with Crippen molar-refractivity contribution in [1.29, 1.82) is 0 Å². The lowest BCUT2D eigenvalue weighted by Gasteiger charge is -2.32. The molecule has 1 aromatic carbocycles. The number of nitrogens with one attached hydrogen (secondary N) is 2. The number of hydrogen-bond donors (Lipinski definition) is 2. The van der Waals surface area contributed by atoms with Crippen LogP contribution in [0.25, 0.3) is 0 Å². The number of rotatable bonds is 2. The maximum Gasteiger partial charge on any atom is 0.224 e. The van der Waals surface area contributed by atoms with Gasteiger partial charge in [-0.3, -0.25) is 4.79 Å². The highest BCUT2D eigenvalue weighted by molar-refractivity contribution is 5.94. The molecule has 1 amide bonds. The highest BCUT2D eigenvalue weighted by Gasteiger charge is 2.34. The van der Waals surface area contributed by atoms with Crippen molar-refractivity contribution in [2.45, 2.75) is 31.7 Å². The Morgan fingerprint density at radius 2 is 2.10 bits per heavy atom. The minimum Gasteiger partial charge on any atom is -0.382 e. The standard InChI is InChI=1S/C16H21N3O/c20-16-4-1-11-9-13(2-3-14(11)18-16)17-15-6-8-19-7-5-12(15)10-19/h2-3,9,12,15,17H,1,4-8,10H2,(H,18,20). The van der Waals surface area contributed by atoms with Crippen LogP contribution in [0.1, 0.15) is 24.8 Å². The van der Waals surface area contributed by atoms with Crippen LogP contribution >= 0.6 is 0 Å². The van der Waals surface area contributed by atoms with E-state index in [1.165, 1.54) is 43.7 Å². The first kappa shape index (κ1) is 12.2. The Kier molecular flexibility index (Phi) is 2.91. The van der Waals surface area contributed by atoms with Gasteiger partial charge in [0.15, 0.2) is 0 Å². The van der Waals surface area contributed by atoms with E-state index in [0.717, 1.165) is 18.0 Å². The highest BCUT2D eigenvalue weighted by atomic mass is 16.1. The quantitative estimate of drug-likeness (QED) is 0.865. The summed E-state index contributed by atoms with van der Waals surface area (Å²) in [5, 5.41) is 6.67. The fourth-order valence-corrected chi connectivity index (χ4v) is 3.83. The van der Waals surface area contributed by atoms with Gasteiger partial charge in [0.25, 0.3) is 0 Å². The molecular weight excluding hydrogens is 250 g/mol. The molecule has 2 bridgehead atoms. The van der Waals surface area contributed by atoms with Crippen molar-refractivity contribution in [3.8, 4) is 0 Å². The maximum atomic E-state index is 11.4. The van der Waals surface area contributed by atoms with Gasteiger partial charge in [-0.05, 0) is 55.5 Å². The molecule has 2 fully saturated rings. The predicted octanol–water partition coefficient (Wildman–Crippen LogP) is 2.08. The van der Waals surface area contributed by atoms with Crippen LogP contribution in [-0.2, 0) is 11.2 Å². The van der Waals surface area contributed by atoms with Crippen LogP contribution in [0.2, 0.25) is 0 Å². The summed E-state index contributed by atoms with van der Waals surface area (Å²) in [6.45, 7) is 3.77. The zero-order chi connectivity index (χ0) is 13.5. The normalized spacial score (nSPS) is 31.6. The van der Waals surface area contributed by atoms with Crippen molar-refractivity contribution in [2.24, 2.45) is 5.92 Å². The van der Waals surface area contributed by atoms with E-state index < -0.39 is 0 Å². The number of benzene rings is 1. The molecular formula is C16H21N3O. The molecule has 3 aliphatic heterocycles. The van der Waals surface area contributed by atoms with Crippen molar-refractivity contribution in [3.63, 3.8) is 0 Å². The summed E-state index contributed by atoms with van der Waals surface area (Å²) in [7, 11) is 0. The average Bonchev–Trinajstić information content (AvgIpc) is 2.85. The van der Waals surface area contributed by atoms with Crippen molar-refractivity contribution in [1.82, 2.24) is 4.90 Å². The molecule has 20 heavy (non-hydrogen) atoms. The molecule has 4 nitrogen and oxygen atoms in total. The third kappa shape index (κ3) is 2.18. The molecule has 3 heterocycles. The molecule has 0 saturated carbocycles. The summed E-state index contributed by atoms with van der Waals surface area (Å²) < 4.78 is 0. The van der Waals surface area contributed by atoms with E-state index in [-0.39, 0.29) is 5.91 Å². The van der Waals surface area contributed by atoms with Crippen LogP contribution in [0.15, 0.2) is 18.2 Å². The summed E-state index contributed by atoms with van der Waals surface area (Å²) in [6, 6.07) is 6.98. The molecule has 4 heteroatoms. The number of aryl methyl sites for hydroxylation is 1. The Bertz CT molecular complexity index is 543. The zero-order valence-electron chi connectivity index (χ0n) is 11.7. The largest absolute Gasteiger partial charge is 0.382 e. The van der Waals surface area contributed by atoms with E-state index in [9.17, 15) is 4.79 Å². The van der Waals surface area contributed by atoms with E-state index in [0.29, 0.717) is 12.5 Å². The number of piperidine rings is 1. The smallest absolute Gasteiger partial charge is 0.224 e.